The van der Waals surface area contributed by atoms with E-state index in [2.05, 4.69) is 6.92 Å². The molecular weight excluding hydrogens is 186 g/mol. The van der Waals surface area contributed by atoms with Gasteiger partial charge in [0.15, 0.2) is 0 Å². The van der Waals surface area contributed by atoms with Gasteiger partial charge in [0.05, 0.1) is 0 Å². The van der Waals surface area contributed by atoms with E-state index in [1.54, 1.807) is 0 Å². The van der Waals surface area contributed by atoms with E-state index in [9.17, 15) is 4.79 Å². The summed E-state index contributed by atoms with van der Waals surface area (Å²) in [6.45, 7) is 2.08. The summed E-state index contributed by atoms with van der Waals surface area (Å²) in [7, 11) is 0. The van der Waals surface area contributed by atoms with Crippen LogP contribution in [0.25, 0.3) is 0 Å². The molecule has 1 unspecified atom stereocenters. The summed E-state index contributed by atoms with van der Waals surface area (Å²) in [5.41, 5.74) is 5.72. The predicted molar refractivity (Wildman–Crippen MR) is 57.1 cm³/mol. The summed E-state index contributed by atoms with van der Waals surface area (Å²) in [5.74, 6) is 1.32. The first kappa shape index (κ1) is 12.8. The Bertz CT molecular complexity index is 142. The Hall–Kier alpha value is -0.220. The second-order valence-electron chi connectivity index (χ2n) is 3.09. The van der Waals surface area contributed by atoms with Crippen molar-refractivity contribution in [2.24, 2.45) is 5.73 Å². The fraction of sp³-hybridized carbons (Fsp3) is 0.889. The van der Waals surface area contributed by atoms with Crippen LogP contribution in [0, 0.1) is 0 Å². The van der Waals surface area contributed by atoms with E-state index in [1.807, 2.05) is 11.8 Å². The van der Waals surface area contributed by atoms with Crippen molar-refractivity contribution >= 4 is 17.7 Å². The Kier molecular flexibility index (Phi) is 8.24. The third kappa shape index (κ3) is 9.70. The van der Waals surface area contributed by atoms with Crippen LogP contribution in [0.15, 0.2) is 0 Å². The molecule has 1 atom stereocenters. The number of aliphatic carboxylic acids is 1. The molecule has 0 saturated heterocycles. The zero-order chi connectivity index (χ0) is 10.1. The topological polar surface area (TPSA) is 63.3 Å². The number of carboxylic acid groups (broad SMARTS) is 1. The normalized spacial score (nSPS) is 12.8. The Balaban J connectivity index is 3.04. The number of nitrogens with two attached hydrogens (primary N) is 1. The highest BCUT2D eigenvalue weighted by molar-refractivity contribution is 7.99. The molecule has 0 aromatic carbocycles. The Morgan fingerprint density at radius 3 is 2.77 bits per heavy atom. The average Bonchev–Trinajstić information content (AvgIpc) is 2.10. The number of thioether (sulfide) groups is 1. The van der Waals surface area contributed by atoms with E-state index < -0.39 is 5.97 Å². The summed E-state index contributed by atoms with van der Waals surface area (Å²) in [6.07, 6.45) is 3.07. The van der Waals surface area contributed by atoms with E-state index >= 15 is 0 Å². The van der Waals surface area contributed by atoms with Crippen LogP contribution >= 0.6 is 11.8 Å². The minimum Gasteiger partial charge on any atom is -0.481 e. The smallest absolute Gasteiger partial charge is 0.303 e. The highest BCUT2D eigenvalue weighted by Gasteiger charge is 1.99. The lowest BCUT2D eigenvalue weighted by Crippen LogP contribution is -2.21. The molecule has 0 amide bonds. The van der Waals surface area contributed by atoms with Crippen molar-refractivity contribution in [2.75, 3.05) is 11.5 Å². The molecular formula is C9H19NO2S. The molecule has 4 heteroatoms. The van der Waals surface area contributed by atoms with Crippen LogP contribution in [-0.4, -0.2) is 28.6 Å². The van der Waals surface area contributed by atoms with Gasteiger partial charge in [-0.15, -0.1) is 0 Å². The molecule has 0 heterocycles. The molecule has 0 aromatic rings. The second-order valence-corrected chi connectivity index (χ2v) is 4.24. The molecule has 0 aliphatic rings. The van der Waals surface area contributed by atoms with Gasteiger partial charge in [-0.25, -0.2) is 0 Å². The van der Waals surface area contributed by atoms with Crippen LogP contribution in [0.4, 0.5) is 0 Å². The molecule has 0 fully saturated rings. The van der Waals surface area contributed by atoms with Gasteiger partial charge >= 0.3 is 5.97 Å². The minimum atomic E-state index is -0.699. The standard InChI is InChI=1S/C9H19NO2S/c1-2-8(10)7-13-6-4-3-5-9(11)12/h8H,2-7,10H2,1H3,(H,11,12). The Morgan fingerprint density at radius 1 is 1.54 bits per heavy atom. The fourth-order valence-corrected chi connectivity index (χ4v) is 1.95. The Morgan fingerprint density at radius 2 is 2.23 bits per heavy atom. The largest absolute Gasteiger partial charge is 0.481 e. The second kappa shape index (κ2) is 8.38. The molecule has 0 bridgehead atoms. The van der Waals surface area contributed by atoms with Crippen molar-refractivity contribution in [1.29, 1.82) is 0 Å². The van der Waals surface area contributed by atoms with Gasteiger partial charge in [-0.1, -0.05) is 6.92 Å². The van der Waals surface area contributed by atoms with E-state index in [-0.39, 0.29) is 0 Å². The summed E-state index contributed by atoms with van der Waals surface area (Å²) in [5, 5.41) is 8.37. The molecule has 3 N–H and O–H groups in total. The maximum absolute atomic E-state index is 10.2. The molecule has 78 valence electrons. The molecule has 0 aromatic heterocycles. The highest BCUT2D eigenvalue weighted by atomic mass is 32.2. The molecule has 0 rings (SSSR count). The SMILES string of the molecule is CCC(N)CSCCCCC(=O)O. The zero-order valence-corrected chi connectivity index (χ0v) is 8.98. The van der Waals surface area contributed by atoms with Crippen molar-refractivity contribution < 1.29 is 9.90 Å². The molecule has 0 aliphatic heterocycles. The van der Waals surface area contributed by atoms with E-state index in [1.165, 1.54) is 0 Å². The number of carbonyl (C=O) groups is 1. The summed E-state index contributed by atoms with van der Waals surface area (Å²) < 4.78 is 0. The van der Waals surface area contributed by atoms with E-state index in [4.69, 9.17) is 10.8 Å². The van der Waals surface area contributed by atoms with Gasteiger partial charge in [0.1, 0.15) is 0 Å². The third-order valence-electron chi connectivity index (χ3n) is 1.79. The van der Waals surface area contributed by atoms with Crippen LogP contribution in [0.5, 0.6) is 0 Å². The van der Waals surface area contributed by atoms with E-state index in [0.717, 1.165) is 30.8 Å². The summed E-state index contributed by atoms with van der Waals surface area (Å²) in [6, 6.07) is 0.296. The zero-order valence-electron chi connectivity index (χ0n) is 8.16. The van der Waals surface area contributed by atoms with Gasteiger partial charge in [0.2, 0.25) is 0 Å². The first-order chi connectivity index (χ1) is 6.16. The van der Waals surface area contributed by atoms with Gasteiger partial charge in [0.25, 0.3) is 0 Å². The van der Waals surface area contributed by atoms with Crippen molar-refractivity contribution in [3.63, 3.8) is 0 Å². The lowest BCUT2D eigenvalue weighted by atomic mass is 10.2. The van der Waals surface area contributed by atoms with Crippen molar-refractivity contribution in [3.05, 3.63) is 0 Å². The number of hydrogen-bond donors (Lipinski definition) is 2. The van der Waals surface area contributed by atoms with Crippen molar-refractivity contribution in [2.45, 2.75) is 38.6 Å². The number of rotatable bonds is 8. The quantitative estimate of drug-likeness (QED) is 0.592. The number of unbranched alkanes of at least 4 members (excludes halogenated alkanes) is 1. The highest BCUT2D eigenvalue weighted by Crippen LogP contribution is 2.08. The van der Waals surface area contributed by atoms with Gasteiger partial charge < -0.3 is 10.8 Å². The fourth-order valence-electron chi connectivity index (χ4n) is 0.833. The average molecular weight is 205 g/mol. The third-order valence-corrected chi connectivity index (χ3v) is 3.03. The Labute approximate surface area is 84.1 Å². The maximum Gasteiger partial charge on any atom is 0.303 e. The lowest BCUT2D eigenvalue weighted by Gasteiger charge is -2.06. The van der Waals surface area contributed by atoms with Gasteiger partial charge in [-0.3, -0.25) is 4.79 Å². The molecule has 0 aliphatic carbocycles. The van der Waals surface area contributed by atoms with Gasteiger partial charge in [-0.05, 0) is 25.0 Å². The van der Waals surface area contributed by atoms with Crippen LogP contribution in [0.1, 0.15) is 32.6 Å². The molecule has 3 nitrogen and oxygen atoms in total. The molecule has 0 radical (unpaired) electrons. The van der Waals surface area contributed by atoms with Gasteiger partial charge in [0, 0.05) is 18.2 Å². The molecule has 0 spiro atoms. The summed E-state index contributed by atoms with van der Waals surface area (Å²) >= 11 is 1.82. The molecule has 0 saturated carbocycles. The van der Waals surface area contributed by atoms with Crippen LogP contribution < -0.4 is 5.73 Å². The monoisotopic (exact) mass is 205 g/mol. The van der Waals surface area contributed by atoms with Crippen LogP contribution in [0.2, 0.25) is 0 Å². The van der Waals surface area contributed by atoms with Crippen LogP contribution in [0.3, 0.4) is 0 Å². The van der Waals surface area contributed by atoms with Crippen molar-refractivity contribution in [3.8, 4) is 0 Å². The van der Waals surface area contributed by atoms with E-state index in [0.29, 0.717) is 12.5 Å². The maximum atomic E-state index is 10.2. The predicted octanol–water partition coefficient (Wildman–Crippen LogP) is 1.71. The lowest BCUT2D eigenvalue weighted by molar-refractivity contribution is -0.137. The number of hydrogen-bond acceptors (Lipinski definition) is 3. The van der Waals surface area contributed by atoms with Gasteiger partial charge in [-0.2, -0.15) is 11.8 Å². The van der Waals surface area contributed by atoms with Crippen molar-refractivity contribution in [1.82, 2.24) is 0 Å². The first-order valence-electron chi connectivity index (χ1n) is 4.72. The molecule has 13 heavy (non-hydrogen) atoms. The minimum absolute atomic E-state index is 0.292. The summed E-state index contributed by atoms with van der Waals surface area (Å²) in [4.78, 5) is 10.2. The number of carboxylic acids is 1. The first-order valence-corrected chi connectivity index (χ1v) is 5.87. The van der Waals surface area contributed by atoms with Crippen LogP contribution in [-0.2, 0) is 4.79 Å².